The Bertz CT molecular complexity index is 1110. The van der Waals surface area contributed by atoms with Gasteiger partial charge in [0, 0.05) is 0 Å². The van der Waals surface area contributed by atoms with Crippen LogP contribution in [0.2, 0.25) is 0 Å². The van der Waals surface area contributed by atoms with Gasteiger partial charge in [-0.15, -0.1) is 5.10 Å². The van der Waals surface area contributed by atoms with Crippen molar-refractivity contribution < 1.29 is 27.9 Å². The number of carbonyl (C=O) groups excluding carboxylic acids is 1. The predicted octanol–water partition coefficient (Wildman–Crippen LogP) is 3.84. The molecule has 2 aromatic carbocycles. The minimum atomic E-state index is -4.47. The SMILES string of the molecule is Cc1nnn(Cc2cccc(C(F)(F)F)c2)c1C(=O)N[C@@H](C)c1ccc(C(=O)O)cc1. The lowest BCUT2D eigenvalue weighted by atomic mass is 10.1. The zero-order valence-corrected chi connectivity index (χ0v) is 16.6. The molecule has 0 radical (unpaired) electrons. The number of carbonyl (C=O) groups is 2. The molecule has 10 heteroatoms. The molecule has 0 aliphatic heterocycles. The maximum atomic E-state index is 13.0. The number of amides is 1. The van der Waals surface area contributed by atoms with Gasteiger partial charge in [-0.05, 0) is 49.2 Å². The Kier molecular flexibility index (Phi) is 6.09. The average Bonchev–Trinajstić information content (AvgIpc) is 3.07. The molecule has 0 aliphatic rings. The molecule has 0 fully saturated rings. The lowest BCUT2D eigenvalue weighted by Crippen LogP contribution is -2.29. The molecule has 0 aliphatic carbocycles. The summed E-state index contributed by atoms with van der Waals surface area (Å²) in [5.74, 6) is -1.55. The van der Waals surface area contributed by atoms with Gasteiger partial charge in [0.1, 0.15) is 5.69 Å². The summed E-state index contributed by atoms with van der Waals surface area (Å²) in [6, 6.07) is 10.4. The smallest absolute Gasteiger partial charge is 0.416 e. The van der Waals surface area contributed by atoms with Gasteiger partial charge in [0.25, 0.3) is 5.91 Å². The molecule has 31 heavy (non-hydrogen) atoms. The van der Waals surface area contributed by atoms with Crippen molar-refractivity contribution in [3.8, 4) is 0 Å². The third-order valence-corrected chi connectivity index (χ3v) is 4.71. The van der Waals surface area contributed by atoms with E-state index in [0.29, 0.717) is 16.8 Å². The summed E-state index contributed by atoms with van der Waals surface area (Å²) < 4.78 is 40.1. The summed E-state index contributed by atoms with van der Waals surface area (Å²) in [4.78, 5) is 23.8. The monoisotopic (exact) mass is 432 g/mol. The maximum absolute atomic E-state index is 13.0. The number of halogens is 3. The molecular weight excluding hydrogens is 413 g/mol. The van der Waals surface area contributed by atoms with Crippen molar-refractivity contribution in [3.05, 3.63) is 82.2 Å². The highest BCUT2D eigenvalue weighted by Crippen LogP contribution is 2.29. The first-order valence-corrected chi connectivity index (χ1v) is 9.26. The Morgan fingerprint density at radius 3 is 2.45 bits per heavy atom. The molecule has 0 unspecified atom stereocenters. The first-order valence-electron chi connectivity index (χ1n) is 9.26. The predicted molar refractivity (Wildman–Crippen MR) is 105 cm³/mol. The summed E-state index contributed by atoms with van der Waals surface area (Å²) in [6.07, 6.45) is -4.47. The number of aromatic carboxylic acids is 1. The van der Waals surface area contributed by atoms with Gasteiger partial charge in [-0.2, -0.15) is 13.2 Å². The lowest BCUT2D eigenvalue weighted by molar-refractivity contribution is -0.137. The summed E-state index contributed by atoms with van der Waals surface area (Å²) in [5, 5.41) is 19.5. The maximum Gasteiger partial charge on any atom is 0.416 e. The molecule has 7 nitrogen and oxygen atoms in total. The van der Waals surface area contributed by atoms with E-state index in [0.717, 1.165) is 12.1 Å². The van der Waals surface area contributed by atoms with Crippen molar-refractivity contribution in [1.82, 2.24) is 20.3 Å². The van der Waals surface area contributed by atoms with Gasteiger partial charge in [0.05, 0.1) is 29.4 Å². The van der Waals surface area contributed by atoms with E-state index in [9.17, 15) is 22.8 Å². The van der Waals surface area contributed by atoms with E-state index in [1.165, 1.54) is 28.9 Å². The third kappa shape index (κ3) is 5.08. The molecule has 3 rings (SSSR count). The third-order valence-electron chi connectivity index (χ3n) is 4.71. The van der Waals surface area contributed by atoms with Crippen LogP contribution in [-0.4, -0.2) is 32.0 Å². The van der Waals surface area contributed by atoms with Gasteiger partial charge in [0.15, 0.2) is 0 Å². The highest BCUT2D eigenvalue weighted by Gasteiger charge is 2.30. The van der Waals surface area contributed by atoms with Gasteiger partial charge in [0.2, 0.25) is 0 Å². The normalized spacial score (nSPS) is 12.4. The molecule has 1 aromatic heterocycles. The number of nitrogens with one attached hydrogen (secondary N) is 1. The van der Waals surface area contributed by atoms with E-state index in [1.54, 1.807) is 26.0 Å². The van der Waals surface area contributed by atoms with E-state index in [-0.39, 0.29) is 17.8 Å². The molecule has 0 saturated carbocycles. The van der Waals surface area contributed by atoms with Crippen LogP contribution in [0.5, 0.6) is 0 Å². The number of carboxylic acid groups (broad SMARTS) is 1. The van der Waals surface area contributed by atoms with Crippen molar-refractivity contribution >= 4 is 11.9 Å². The second kappa shape index (κ2) is 8.58. The minimum Gasteiger partial charge on any atom is -0.478 e. The lowest BCUT2D eigenvalue weighted by Gasteiger charge is -2.15. The Balaban J connectivity index is 1.78. The summed E-state index contributed by atoms with van der Waals surface area (Å²) >= 11 is 0. The summed E-state index contributed by atoms with van der Waals surface area (Å²) in [7, 11) is 0. The average molecular weight is 432 g/mol. The number of alkyl halides is 3. The number of nitrogens with zero attached hydrogens (tertiary/aromatic N) is 3. The van der Waals surface area contributed by atoms with Crippen LogP contribution in [0.4, 0.5) is 13.2 Å². The quantitative estimate of drug-likeness (QED) is 0.617. The van der Waals surface area contributed by atoms with Crippen LogP contribution in [0.1, 0.15) is 56.2 Å². The Labute approximate surface area is 175 Å². The van der Waals surface area contributed by atoms with E-state index < -0.39 is 29.7 Å². The first kappa shape index (κ1) is 22.0. The highest BCUT2D eigenvalue weighted by molar-refractivity contribution is 5.93. The van der Waals surface area contributed by atoms with E-state index in [2.05, 4.69) is 15.6 Å². The Hall–Kier alpha value is -3.69. The fourth-order valence-electron chi connectivity index (χ4n) is 3.07. The van der Waals surface area contributed by atoms with Gasteiger partial charge < -0.3 is 10.4 Å². The fraction of sp³-hybridized carbons (Fsp3) is 0.238. The molecule has 0 saturated heterocycles. The highest BCUT2D eigenvalue weighted by atomic mass is 19.4. The van der Waals surface area contributed by atoms with Gasteiger partial charge in [-0.1, -0.05) is 29.5 Å². The van der Waals surface area contributed by atoms with Crippen LogP contribution in [-0.2, 0) is 12.7 Å². The van der Waals surface area contributed by atoms with Crippen molar-refractivity contribution in [3.63, 3.8) is 0 Å². The molecule has 1 heterocycles. The van der Waals surface area contributed by atoms with Crippen molar-refractivity contribution in [2.75, 3.05) is 0 Å². The summed E-state index contributed by atoms with van der Waals surface area (Å²) in [6.45, 7) is 3.25. The molecule has 2 N–H and O–H groups in total. The van der Waals surface area contributed by atoms with Gasteiger partial charge in [-0.25, -0.2) is 9.48 Å². The van der Waals surface area contributed by atoms with Crippen LogP contribution in [0.15, 0.2) is 48.5 Å². The number of aryl methyl sites for hydroxylation is 1. The van der Waals surface area contributed by atoms with E-state index >= 15 is 0 Å². The van der Waals surface area contributed by atoms with Crippen LogP contribution in [0.3, 0.4) is 0 Å². The molecular formula is C21H19F3N4O3. The molecule has 3 aromatic rings. The molecule has 1 atom stereocenters. The second-order valence-electron chi connectivity index (χ2n) is 7.00. The van der Waals surface area contributed by atoms with Gasteiger partial charge in [-0.3, -0.25) is 4.79 Å². The van der Waals surface area contributed by atoms with Gasteiger partial charge >= 0.3 is 12.1 Å². The number of aromatic nitrogens is 3. The second-order valence-corrected chi connectivity index (χ2v) is 7.00. The number of benzene rings is 2. The standard InChI is InChI=1S/C21H19F3N4O3/c1-12(15-6-8-16(9-7-15)20(30)31)25-19(29)18-13(2)26-27-28(18)11-14-4-3-5-17(10-14)21(22,23)24/h3-10,12H,11H2,1-2H3,(H,25,29)(H,30,31)/t12-/m0/s1. The summed E-state index contributed by atoms with van der Waals surface area (Å²) in [5.41, 5.74) is 0.816. The molecule has 162 valence electrons. The van der Waals surface area contributed by atoms with Crippen LogP contribution in [0, 0.1) is 6.92 Å². The number of hydrogen-bond acceptors (Lipinski definition) is 4. The first-order chi connectivity index (χ1) is 14.6. The minimum absolute atomic E-state index is 0.0603. The van der Waals surface area contributed by atoms with E-state index in [1.807, 2.05) is 0 Å². The molecule has 0 bridgehead atoms. The Morgan fingerprint density at radius 1 is 1.16 bits per heavy atom. The fourth-order valence-corrected chi connectivity index (χ4v) is 3.07. The topological polar surface area (TPSA) is 97.1 Å². The van der Waals surface area contributed by atoms with Crippen molar-refractivity contribution in [1.29, 1.82) is 0 Å². The van der Waals surface area contributed by atoms with Crippen LogP contribution >= 0.6 is 0 Å². The number of hydrogen-bond donors (Lipinski definition) is 2. The zero-order valence-electron chi connectivity index (χ0n) is 16.6. The zero-order chi connectivity index (χ0) is 22.8. The largest absolute Gasteiger partial charge is 0.478 e. The van der Waals surface area contributed by atoms with Crippen LogP contribution < -0.4 is 5.32 Å². The van der Waals surface area contributed by atoms with Crippen LogP contribution in [0.25, 0.3) is 0 Å². The number of rotatable bonds is 6. The molecule has 0 spiro atoms. The number of carboxylic acids is 1. The van der Waals surface area contributed by atoms with E-state index in [4.69, 9.17) is 5.11 Å². The Morgan fingerprint density at radius 2 is 1.84 bits per heavy atom. The van der Waals surface area contributed by atoms with Crippen molar-refractivity contribution in [2.24, 2.45) is 0 Å². The van der Waals surface area contributed by atoms with Crippen molar-refractivity contribution in [2.45, 2.75) is 32.6 Å². The molecule has 1 amide bonds.